The van der Waals surface area contributed by atoms with Crippen molar-refractivity contribution in [2.24, 2.45) is 0 Å². The maximum atomic E-state index is 4.00. The first kappa shape index (κ1) is 32.9. The van der Waals surface area contributed by atoms with Gasteiger partial charge in [-0.05, 0) is 59.4 Å². The van der Waals surface area contributed by atoms with Crippen LogP contribution in [0.3, 0.4) is 0 Å². The predicted molar refractivity (Wildman–Crippen MR) is 202 cm³/mol. The first-order valence-electron chi connectivity index (χ1n) is 16.5. The van der Waals surface area contributed by atoms with Crippen LogP contribution in [0.4, 0.5) is 0 Å². The number of allylic oxidation sites excluding steroid dienone is 2. The van der Waals surface area contributed by atoms with E-state index in [-0.39, 0.29) is 18.6 Å². The van der Waals surface area contributed by atoms with E-state index in [0.717, 1.165) is 31.5 Å². The minimum atomic E-state index is 0. The van der Waals surface area contributed by atoms with Gasteiger partial charge in [0.2, 0.25) is 0 Å². The van der Waals surface area contributed by atoms with E-state index in [9.17, 15) is 0 Å². The molecule has 1 radical (unpaired) electrons. The molecule has 0 unspecified atom stereocenters. The third-order valence-electron chi connectivity index (χ3n) is 9.22. The number of hydrogen-bond acceptors (Lipinski definition) is 0. The van der Waals surface area contributed by atoms with Crippen LogP contribution in [0.5, 0.6) is 0 Å². The molecular formula is C45H40N2V. The Morgan fingerprint density at radius 1 is 0.479 bits per heavy atom. The normalized spacial score (nSPS) is 10.9. The molecule has 0 aliphatic carbocycles. The standard InChI is InChI=1S/C24H21N.C21H19N.V/c1-3-18(2)16-19-12-14-20(15-13-19)17-25-23-10-6-4-8-21(23)22-9-5-7-11-24(22)25;1-2-16-11-13-17(14-12-16)15-22-20-9-5-3-7-18(20)19-8-4-6-10-21(19)22;/h3-15H,1-2,16-17H2;3-14H,2,15H2,1H3;. The molecule has 48 heavy (non-hydrogen) atoms. The molecule has 0 N–H and O–H groups in total. The minimum Gasteiger partial charge on any atom is -0.336 e. The van der Waals surface area contributed by atoms with Gasteiger partial charge >= 0.3 is 0 Å². The summed E-state index contributed by atoms with van der Waals surface area (Å²) in [6, 6.07) is 52.4. The fourth-order valence-corrected chi connectivity index (χ4v) is 6.69. The SMILES string of the molecule is C=CC(=C)Cc1ccc(Cn2c3ccccc3c3ccccc32)cc1.CCc1ccc(Cn2c3ccccc3c3ccccc32)cc1.[V]. The molecule has 235 valence electrons. The second-order valence-corrected chi connectivity index (χ2v) is 12.3. The molecule has 0 aliphatic heterocycles. The van der Waals surface area contributed by atoms with Gasteiger partial charge in [0.25, 0.3) is 0 Å². The van der Waals surface area contributed by atoms with Crippen LogP contribution >= 0.6 is 0 Å². The number of para-hydroxylation sites is 4. The van der Waals surface area contributed by atoms with E-state index in [1.807, 2.05) is 6.08 Å². The molecule has 0 saturated heterocycles. The second-order valence-electron chi connectivity index (χ2n) is 12.3. The fraction of sp³-hybridized carbons (Fsp3) is 0.111. The van der Waals surface area contributed by atoms with Gasteiger partial charge in [-0.1, -0.05) is 153 Å². The molecule has 3 heteroatoms. The Morgan fingerprint density at radius 2 is 0.792 bits per heavy atom. The summed E-state index contributed by atoms with van der Waals surface area (Å²) in [5, 5.41) is 5.31. The van der Waals surface area contributed by atoms with Gasteiger partial charge in [-0.3, -0.25) is 0 Å². The molecule has 0 atom stereocenters. The van der Waals surface area contributed by atoms with Crippen molar-refractivity contribution in [3.8, 4) is 0 Å². The van der Waals surface area contributed by atoms with Crippen molar-refractivity contribution < 1.29 is 18.6 Å². The summed E-state index contributed by atoms with van der Waals surface area (Å²) < 4.78 is 4.83. The molecule has 8 aromatic rings. The Balaban J connectivity index is 0.000000165. The maximum Gasteiger partial charge on any atom is 0.0494 e. The van der Waals surface area contributed by atoms with Crippen molar-refractivity contribution in [3.05, 3.63) is 193 Å². The van der Waals surface area contributed by atoms with Crippen molar-refractivity contribution in [1.29, 1.82) is 0 Å². The van der Waals surface area contributed by atoms with Crippen molar-refractivity contribution in [3.63, 3.8) is 0 Å². The summed E-state index contributed by atoms with van der Waals surface area (Å²) in [5.41, 5.74) is 11.6. The van der Waals surface area contributed by atoms with Gasteiger partial charge in [0.15, 0.2) is 0 Å². The van der Waals surface area contributed by atoms with E-state index in [1.165, 1.54) is 65.9 Å². The van der Waals surface area contributed by atoms with Crippen LogP contribution in [0.25, 0.3) is 43.6 Å². The van der Waals surface area contributed by atoms with Gasteiger partial charge in [-0.2, -0.15) is 0 Å². The van der Waals surface area contributed by atoms with E-state index in [0.29, 0.717) is 0 Å². The summed E-state index contributed by atoms with van der Waals surface area (Å²) in [4.78, 5) is 0. The molecule has 8 rings (SSSR count). The Morgan fingerprint density at radius 3 is 1.12 bits per heavy atom. The van der Waals surface area contributed by atoms with Crippen LogP contribution in [0.15, 0.2) is 170 Å². The molecule has 0 fully saturated rings. The molecule has 0 spiro atoms. The number of hydrogen-bond donors (Lipinski definition) is 0. The van der Waals surface area contributed by atoms with E-state index in [1.54, 1.807) is 0 Å². The molecular weight excluding hydrogens is 619 g/mol. The summed E-state index contributed by atoms with van der Waals surface area (Å²) >= 11 is 0. The van der Waals surface area contributed by atoms with E-state index in [4.69, 9.17) is 0 Å². The fourth-order valence-electron chi connectivity index (χ4n) is 6.69. The summed E-state index contributed by atoms with van der Waals surface area (Å²) in [6.07, 6.45) is 3.78. The largest absolute Gasteiger partial charge is 0.336 e. The zero-order chi connectivity index (χ0) is 32.2. The topological polar surface area (TPSA) is 9.86 Å². The monoisotopic (exact) mass is 659 g/mol. The number of benzene rings is 6. The van der Waals surface area contributed by atoms with Crippen LogP contribution < -0.4 is 0 Å². The summed E-state index contributed by atoms with van der Waals surface area (Å²) in [7, 11) is 0. The van der Waals surface area contributed by atoms with Gasteiger partial charge in [-0.25, -0.2) is 0 Å². The summed E-state index contributed by atoms with van der Waals surface area (Å²) in [6.45, 7) is 11.8. The van der Waals surface area contributed by atoms with E-state index >= 15 is 0 Å². The third-order valence-corrected chi connectivity index (χ3v) is 9.22. The number of rotatable bonds is 8. The van der Waals surface area contributed by atoms with Crippen LogP contribution in [0.1, 0.15) is 29.2 Å². The zero-order valence-electron chi connectivity index (χ0n) is 27.5. The minimum absolute atomic E-state index is 0. The van der Waals surface area contributed by atoms with Crippen molar-refractivity contribution in [2.45, 2.75) is 32.9 Å². The van der Waals surface area contributed by atoms with Gasteiger partial charge in [0.05, 0.1) is 0 Å². The average Bonchev–Trinajstić information content (AvgIpc) is 3.62. The summed E-state index contributed by atoms with van der Waals surface area (Å²) in [5.74, 6) is 0. The Bertz CT molecular complexity index is 2230. The quantitative estimate of drug-likeness (QED) is 0.144. The molecule has 2 nitrogen and oxygen atoms in total. The Hall–Kier alpha value is -5.02. The molecule has 0 aliphatic rings. The number of aromatic nitrogens is 2. The smallest absolute Gasteiger partial charge is 0.0494 e. The third kappa shape index (κ3) is 6.69. The molecule has 6 aromatic carbocycles. The maximum absolute atomic E-state index is 4.00. The van der Waals surface area contributed by atoms with Crippen molar-refractivity contribution in [1.82, 2.24) is 9.13 Å². The van der Waals surface area contributed by atoms with Gasteiger partial charge in [-0.15, -0.1) is 0 Å². The number of nitrogens with zero attached hydrogens (tertiary/aromatic N) is 2. The van der Waals surface area contributed by atoms with E-state index in [2.05, 4.69) is 175 Å². The first-order chi connectivity index (χ1) is 23.1. The number of fused-ring (bicyclic) bond motifs is 6. The predicted octanol–water partition coefficient (Wildman–Crippen LogP) is 11.5. The van der Waals surface area contributed by atoms with Gasteiger partial charge in [0.1, 0.15) is 0 Å². The average molecular weight is 660 g/mol. The Kier molecular flexibility index (Phi) is 10.2. The van der Waals surface area contributed by atoms with Crippen LogP contribution in [0.2, 0.25) is 0 Å². The number of aryl methyl sites for hydroxylation is 1. The zero-order valence-corrected chi connectivity index (χ0v) is 28.9. The molecule has 2 aromatic heterocycles. The van der Waals surface area contributed by atoms with Crippen LogP contribution in [0, 0.1) is 0 Å². The Labute approximate surface area is 295 Å². The molecule has 0 bridgehead atoms. The van der Waals surface area contributed by atoms with E-state index < -0.39 is 0 Å². The molecule has 2 heterocycles. The van der Waals surface area contributed by atoms with Gasteiger partial charge < -0.3 is 9.13 Å². The second kappa shape index (κ2) is 14.8. The molecule has 0 saturated carbocycles. The van der Waals surface area contributed by atoms with Crippen molar-refractivity contribution in [2.75, 3.05) is 0 Å². The first-order valence-corrected chi connectivity index (χ1v) is 16.5. The van der Waals surface area contributed by atoms with Crippen LogP contribution in [-0.4, -0.2) is 9.13 Å². The van der Waals surface area contributed by atoms with Crippen LogP contribution in [-0.2, 0) is 44.5 Å². The van der Waals surface area contributed by atoms with Crippen molar-refractivity contribution >= 4 is 43.6 Å². The van der Waals surface area contributed by atoms with Gasteiger partial charge in [0, 0.05) is 75.3 Å². The molecule has 0 amide bonds.